The number of rotatable bonds is 4. The molecule has 0 bridgehead atoms. The largest absolute Gasteiger partial charge is 0.492 e. The molecule has 0 heterocycles. The second-order valence-electron chi connectivity index (χ2n) is 2.74. The van der Waals surface area contributed by atoms with Gasteiger partial charge in [-0.2, -0.15) is 0 Å². The first-order valence-corrected chi connectivity index (χ1v) is 5.10. The van der Waals surface area contributed by atoms with Crippen molar-refractivity contribution in [2.24, 2.45) is 0 Å². The number of hydrogen-bond acceptors (Lipinski definition) is 2. The molecular weight excluding hydrogens is 232 g/mol. The molecule has 1 rings (SSSR count). The second kappa shape index (κ2) is 5.25. The zero-order valence-corrected chi connectivity index (χ0v) is 9.17. The van der Waals surface area contributed by atoms with Gasteiger partial charge in [0.25, 0.3) is 0 Å². The van der Waals surface area contributed by atoms with Gasteiger partial charge in [-0.1, -0.05) is 19.1 Å². The van der Waals surface area contributed by atoms with E-state index < -0.39 is 0 Å². The van der Waals surface area contributed by atoms with Crippen molar-refractivity contribution in [1.29, 1.82) is 0 Å². The van der Waals surface area contributed by atoms with Gasteiger partial charge in [0.15, 0.2) is 0 Å². The molecule has 0 radical (unpaired) electrons. The zero-order valence-electron chi connectivity index (χ0n) is 7.59. The molecule has 0 saturated carbocycles. The normalized spacial score (nSPS) is 10.1. The summed E-state index contributed by atoms with van der Waals surface area (Å²) < 4.78 is 6.32. The molecular formula is C10H13BrO2. The summed E-state index contributed by atoms with van der Waals surface area (Å²) in [4.78, 5) is 0. The highest BCUT2D eigenvalue weighted by atomic mass is 79.9. The third kappa shape index (κ3) is 2.71. The lowest BCUT2D eigenvalue weighted by Gasteiger charge is -2.08. The number of aliphatic hydroxyl groups is 1. The Bertz CT molecular complexity index is 274. The van der Waals surface area contributed by atoms with E-state index in [0.29, 0.717) is 6.61 Å². The lowest BCUT2D eigenvalue weighted by Crippen LogP contribution is -1.97. The smallest absolute Gasteiger partial charge is 0.133 e. The molecule has 0 fully saturated rings. The maximum absolute atomic E-state index is 8.98. The fourth-order valence-electron chi connectivity index (χ4n) is 1.00. The Morgan fingerprint density at radius 2 is 2.23 bits per heavy atom. The van der Waals surface area contributed by atoms with Crippen LogP contribution in [0.4, 0.5) is 0 Å². The van der Waals surface area contributed by atoms with Crippen LogP contribution >= 0.6 is 15.9 Å². The molecule has 0 saturated heterocycles. The summed E-state index contributed by atoms with van der Waals surface area (Å²) in [6.07, 6.45) is 0.982. The Morgan fingerprint density at radius 1 is 1.46 bits per heavy atom. The van der Waals surface area contributed by atoms with Crippen LogP contribution in [-0.4, -0.2) is 11.7 Å². The van der Waals surface area contributed by atoms with Crippen molar-refractivity contribution >= 4 is 15.9 Å². The Kier molecular flexibility index (Phi) is 4.25. The van der Waals surface area contributed by atoms with Crippen LogP contribution in [0.2, 0.25) is 0 Å². The average Bonchev–Trinajstić information content (AvgIpc) is 2.16. The standard InChI is InChI=1S/C10H13BrO2/c1-2-6-13-9-5-3-4-8(7-12)10(9)11/h3-5,12H,2,6-7H2,1H3. The van der Waals surface area contributed by atoms with E-state index in [-0.39, 0.29) is 6.61 Å². The Balaban J connectivity index is 2.81. The third-order valence-corrected chi connectivity index (χ3v) is 2.58. The first-order chi connectivity index (χ1) is 6.29. The van der Waals surface area contributed by atoms with Crippen LogP contribution in [0.3, 0.4) is 0 Å². The molecule has 0 amide bonds. The molecule has 0 atom stereocenters. The summed E-state index contributed by atoms with van der Waals surface area (Å²) in [7, 11) is 0. The predicted molar refractivity (Wildman–Crippen MR) is 55.9 cm³/mol. The second-order valence-corrected chi connectivity index (χ2v) is 3.53. The quantitative estimate of drug-likeness (QED) is 0.883. The molecule has 0 spiro atoms. The topological polar surface area (TPSA) is 29.5 Å². The molecule has 72 valence electrons. The molecule has 0 aromatic heterocycles. The van der Waals surface area contributed by atoms with Crippen LogP contribution in [0.15, 0.2) is 22.7 Å². The van der Waals surface area contributed by atoms with Crippen LogP contribution in [0.5, 0.6) is 5.75 Å². The van der Waals surface area contributed by atoms with Gasteiger partial charge in [-0.15, -0.1) is 0 Å². The van der Waals surface area contributed by atoms with Crippen molar-refractivity contribution < 1.29 is 9.84 Å². The summed E-state index contributed by atoms with van der Waals surface area (Å²) in [5.74, 6) is 0.799. The first-order valence-electron chi connectivity index (χ1n) is 4.30. The molecule has 0 aliphatic heterocycles. The molecule has 1 aromatic carbocycles. The van der Waals surface area contributed by atoms with E-state index in [4.69, 9.17) is 9.84 Å². The van der Waals surface area contributed by atoms with E-state index in [9.17, 15) is 0 Å². The first kappa shape index (κ1) is 10.5. The molecule has 1 N–H and O–H groups in total. The van der Waals surface area contributed by atoms with E-state index in [2.05, 4.69) is 22.9 Å². The minimum atomic E-state index is 0.0317. The average molecular weight is 245 g/mol. The summed E-state index contributed by atoms with van der Waals surface area (Å²) >= 11 is 3.39. The number of ether oxygens (including phenoxy) is 1. The molecule has 0 unspecified atom stereocenters. The van der Waals surface area contributed by atoms with Gasteiger partial charge >= 0.3 is 0 Å². The van der Waals surface area contributed by atoms with Crippen molar-refractivity contribution in [1.82, 2.24) is 0 Å². The zero-order chi connectivity index (χ0) is 9.68. The van der Waals surface area contributed by atoms with Crippen molar-refractivity contribution in [3.63, 3.8) is 0 Å². The highest BCUT2D eigenvalue weighted by molar-refractivity contribution is 9.10. The number of halogens is 1. The van der Waals surface area contributed by atoms with E-state index in [0.717, 1.165) is 22.2 Å². The fourth-order valence-corrected chi connectivity index (χ4v) is 1.51. The van der Waals surface area contributed by atoms with Gasteiger partial charge in [-0.05, 0) is 34.0 Å². The highest BCUT2D eigenvalue weighted by Gasteiger charge is 2.04. The van der Waals surface area contributed by atoms with Gasteiger partial charge in [0.2, 0.25) is 0 Å². The Morgan fingerprint density at radius 3 is 2.85 bits per heavy atom. The van der Waals surface area contributed by atoms with E-state index in [1.165, 1.54) is 0 Å². The van der Waals surface area contributed by atoms with Gasteiger partial charge in [0, 0.05) is 0 Å². The van der Waals surface area contributed by atoms with E-state index in [1.54, 1.807) is 0 Å². The lowest BCUT2D eigenvalue weighted by molar-refractivity contribution is 0.277. The summed E-state index contributed by atoms with van der Waals surface area (Å²) in [5.41, 5.74) is 0.855. The number of hydrogen-bond donors (Lipinski definition) is 1. The molecule has 1 aromatic rings. The van der Waals surface area contributed by atoms with Crippen molar-refractivity contribution in [3.05, 3.63) is 28.2 Å². The van der Waals surface area contributed by atoms with Gasteiger partial charge in [0.05, 0.1) is 17.7 Å². The monoisotopic (exact) mass is 244 g/mol. The number of aliphatic hydroxyl groups excluding tert-OH is 1. The van der Waals surface area contributed by atoms with Gasteiger partial charge in [0.1, 0.15) is 5.75 Å². The minimum absolute atomic E-state index is 0.0317. The van der Waals surface area contributed by atoms with E-state index in [1.807, 2.05) is 18.2 Å². The molecule has 0 aliphatic carbocycles. The van der Waals surface area contributed by atoms with Gasteiger partial charge in [-0.25, -0.2) is 0 Å². The van der Waals surface area contributed by atoms with Crippen molar-refractivity contribution in [3.8, 4) is 5.75 Å². The Labute approximate surface area is 86.7 Å². The summed E-state index contributed by atoms with van der Waals surface area (Å²) in [6.45, 7) is 2.79. The minimum Gasteiger partial charge on any atom is -0.492 e. The molecule has 0 aliphatic rings. The summed E-state index contributed by atoms with van der Waals surface area (Å²) in [5, 5.41) is 8.98. The van der Waals surface area contributed by atoms with Crippen LogP contribution < -0.4 is 4.74 Å². The third-order valence-electron chi connectivity index (χ3n) is 1.68. The van der Waals surface area contributed by atoms with Gasteiger partial charge < -0.3 is 9.84 Å². The van der Waals surface area contributed by atoms with Gasteiger partial charge in [-0.3, -0.25) is 0 Å². The maximum atomic E-state index is 8.98. The molecule has 13 heavy (non-hydrogen) atoms. The summed E-state index contributed by atoms with van der Waals surface area (Å²) in [6, 6.07) is 5.63. The van der Waals surface area contributed by atoms with E-state index >= 15 is 0 Å². The Hall–Kier alpha value is -0.540. The SMILES string of the molecule is CCCOc1cccc(CO)c1Br. The lowest BCUT2D eigenvalue weighted by atomic mass is 10.2. The van der Waals surface area contributed by atoms with Crippen LogP contribution in [0, 0.1) is 0 Å². The van der Waals surface area contributed by atoms with Crippen molar-refractivity contribution in [2.45, 2.75) is 20.0 Å². The van der Waals surface area contributed by atoms with Crippen LogP contribution in [-0.2, 0) is 6.61 Å². The number of benzene rings is 1. The predicted octanol–water partition coefficient (Wildman–Crippen LogP) is 2.73. The highest BCUT2D eigenvalue weighted by Crippen LogP contribution is 2.28. The van der Waals surface area contributed by atoms with Crippen LogP contribution in [0.25, 0.3) is 0 Å². The fraction of sp³-hybridized carbons (Fsp3) is 0.400. The van der Waals surface area contributed by atoms with Crippen LogP contribution in [0.1, 0.15) is 18.9 Å². The molecule has 2 nitrogen and oxygen atoms in total. The van der Waals surface area contributed by atoms with Crippen molar-refractivity contribution in [2.75, 3.05) is 6.61 Å². The molecule has 3 heteroatoms. The maximum Gasteiger partial charge on any atom is 0.133 e.